The van der Waals surface area contributed by atoms with Crippen LogP contribution in [0.5, 0.6) is 0 Å². The highest BCUT2D eigenvalue weighted by molar-refractivity contribution is 5.82. The third-order valence-electron chi connectivity index (χ3n) is 3.77. The summed E-state index contributed by atoms with van der Waals surface area (Å²) in [6.45, 7) is 3.73. The van der Waals surface area contributed by atoms with Crippen LogP contribution >= 0.6 is 0 Å². The molecule has 1 atom stereocenters. The van der Waals surface area contributed by atoms with Crippen LogP contribution in [0, 0.1) is 0 Å². The maximum atomic E-state index is 11.5. The lowest BCUT2D eigenvalue weighted by atomic mass is 10.0. The van der Waals surface area contributed by atoms with Crippen LogP contribution in [-0.2, 0) is 4.79 Å². The van der Waals surface area contributed by atoms with E-state index < -0.39 is 12.0 Å². The molecule has 0 spiro atoms. The third-order valence-corrected chi connectivity index (χ3v) is 3.77. The van der Waals surface area contributed by atoms with Gasteiger partial charge in [0.05, 0.1) is 11.4 Å². The van der Waals surface area contributed by atoms with E-state index in [0.717, 1.165) is 37.3 Å². The molecular weight excluding hydrogens is 240 g/mol. The Balaban J connectivity index is 2.29. The summed E-state index contributed by atoms with van der Waals surface area (Å²) in [6.07, 6.45) is 2.69. The molecule has 4 heteroatoms. The molecule has 104 valence electrons. The zero-order chi connectivity index (χ0) is 13.8. The van der Waals surface area contributed by atoms with E-state index in [0.29, 0.717) is 6.42 Å². The second-order valence-electron chi connectivity index (χ2n) is 5.10. The Morgan fingerprint density at radius 1 is 1.32 bits per heavy atom. The van der Waals surface area contributed by atoms with Crippen LogP contribution in [0.4, 0.5) is 11.4 Å². The molecule has 1 N–H and O–H groups in total. The first-order valence-corrected chi connectivity index (χ1v) is 6.94. The lowest BCUT2D eigenvalue weighted by Gasteiger charge is -2.40. The highest BCUT2D eigenvalue weighted by Gasteiger charge is 2.30. The first kappa shape index (κ1) is 13.7. The smallest absolute Gasteiger partial charge is 0.326 e. The Morgan fingerprint density at radius 2 is 2.00 bits per heavy atom. The minimum atomic E-state index is -0.715. The molecular formula is C15H22N2O2. The first-order chi connectivity index (χ1) is 9.15. The number of likely N-dealkylation sites (N-methyl/N-ethyl adjacent to an activating group) is 1. The monoisotopic (exact) mass is 262 g/mol. The predicted octanol–water partition coefficient (Wildman–Crippen LogP) is 2.59. The molecule has 0 bridgehead atoms. The second-order valence-corrected chi connectivity index (χ2v) is 5.10. The molecule has 2 rings (SSSR count). The fourth-order valence-corrected chi connectivity index (χ4v) is 2.66. The van der Waals surface area contributed by atoms with Gasteiger partial charge in [-0.25, -0.2) is 4.79 Å². The largest absolute Gasteiger partial charge is 0.480 e. The Labute approximate surface area is 114 Å². The molecule has 0 fully saturated rings. The van der Waals surface area contributed by atoms with Crippen LogP contribution in [0.25, 0.3) is 0 Å². The molecule has 0 aliphatic carbocycles. The van der Waals surface area contributed by atoms with E-state index in [1.807, 2.05) is 23.1 Å². The van der Waals surface area contributed by atoms with Gasteiger partial charge in [0.15, 0.2) is 0 Å². The molecule has 0 saturated heterocycles. The van der Waals surface area contributed by atoms with Crippen LogP contribution in [0.15, 0.2) is 24.3 Å². The minimum absolute atomic E-state index is 0.408. The van der Waals surface area contributed by atoms with Crippen LogP contribution in [0.2, 0.25) is 0 Å². The van der Waals surface area contributed by atoms with Crippen molar-refractivity contribution >= 4 is 17.3 Å². The summed E-state index contributed by atoms with van der Waals surface area (Å²) in [6, 6.07) is 7.65. The third kappa shape index (κ3) is 2.83. The van der Waals surface area contributed by atoms with Crippen LogP contribution in [0.1, 0.15) is 26.2 Å². The van der Waals surface area contributed by atoms with E-state index in [-0.39, 0.29) is 0 Å². The number of hydrogen-bond donors (Lipinski definition) is 1. The van der Waals surface area contributed by atoms with E-state index in [4.69, 9.17) is 0 Å². The van der Waals surface area contributed by atoms with Crippen LogP contribution in [-0.4, -0.2) is 37.3 Å². The van der Waals surface area contributed by atoms with Gasteiger partial charge in [-0.1, -0.05) is 31.9 Å². The number of nitrogens with zero attached hydrogens (tertiary/aromatic N) is 2. The Morgan fingerprint density at radius 3 is 2.63 bits per heavy atom. The van der Waals surface area contributed by atoms with Crippen molar-refractivity contribution in [3.63, 3.8) is 0 Å². The van der Waals surface area contributed by atoms with E-state index in [9.17, 15) is 9.90 Å². The summed E-state index contributed by atoms with van der Waals surface area (Å²) in [5, 5.41) is 9.49. The Kier molecular flexibility index (Phi) is 4.30. The Bertz CT molecular complexity index is 448. The molecule has 0 aromatic heterocycles. The zero-order valence-electron chi connectivity index (χ0n) is 11.7. The van der Waals surface area contributed by atoms with Gasteiger partial charge in [0.2, 0.25) is 0 Å². The van der Waals surface area contributed by atoms with Crippen molar-refractivity contribution in [1.82, 2.24) is 0 Å². The number of carbonyl (C=O) groups is 1. The number of carboxylic acids is 1. The lowest BCUT2D eigenvalue weighted by molar-refractivity contribution is -0.138. The lowest BCUT2D eigenvalue weighted by Crippen LogP contribution is -2.48. The van der Waals surface area contributed by atoms with E-state index in [1.54, 1.807) is 0 Å². The molecule has 1 unspecified atom stereocenters. The second kappa shape index (κ2) is 5.95. The molecule has 4 nitrogen and oxygen atoms in total. The SMILES string of the molecule is CCCCC(C(=O)O)N1CCN(C)c2ccccc21. The average Bonchev–Trinajstić information content (AvgIpc) is 2.41. The van der Waals surface area contributed by atoms with Crippen molar-refractivity contribution in [3.05, 3.63) is 24.3 Å². The van der Waals surface area contributed by atoms with Gasteiger partial charge in [-0.05, 0) is 18.6 Å². The van der Waals surface area contributed by atoms with Gasteiger partial charge in [-0.2, -0.15) is 0 Å². The highest BCUT2D eigenvalue weighted by atomic mass is 16.4. The number of benzene rings is 1. The molecule has 1 aliphatic rings. The number of carboxylic acid groups (broad SMARTS) is 1. The summed E-state index contributed by atoms with van der Waals surface area (Å²) in [4.78, 5) is 15.8. The molecule has 1 aliphatic heterocycles. The molecule has 1 aromatic carbocycles. The van der Waals surface area contributed by atoms with Gasteiger partial charge < -0.3 is 14.9 Å². The fourth-order valence-electron chi connectivity index (χ4n) is 2.66. The number of para-hydroxylation sites is 2. The van der Waals surface area contributed by atoms with E-state index in [1.165, 1.54) is 0 Å². The topological polar surface area (TPSA) is 43.8 Å². The van der Waals surface area contributed by atoms with Crippen molar-refractivity contribution in [2.24, 2.45) is 0 Å². The molecule has 0 radical (unpaired) electrons. The average molecular weight is 262 g/mol. The molecule has 1 aromatic rings. The van der Waals surface area contributed by atoms with Crippen molar-refractivity contribution in [2.75, 3.05) is 29.9 Å². The zero-order valence-corrected chi connectivity index (χ0v) is 11.7. The van der Waals surface area contributed by atoms with Crippen LogP contribution < -0.4 is 9.80 Å². The first-order valence-electron chi connectivity index (χ1n) is 6.94. The molecule has 0 amide bonds. The van der Waals surface area contributed by atoms with E-state index in [2.05, 4.69) is 24.9 Å². The van der Waals surface area contributed by atoms with E-state index >= 15 is 0 Å². The van der Waals surface area contributed by atoms with Crippen molar-refractivity contribution < 1.29 is 9.90 Å². The van der Waals surface area contributed by atoms with Crippen molar-refractivity contribution in [2.45, 2.75) is 32.2 Å². The molecule has 1 heterocycles. The predicted molar refractivity (Wildman–Crippen MR) is 78.0 cm³/mol. The van der Waals surface area contributed by atoms with Gasteiger partial charge in [-0.15, -0.1) is 0 Å². The van der Waals surface area contributed by atoms with Gasteiger partial charge in [0.25, 0.3) is 0 Å². The minimum Gasteiger partial charge on any atom is -0.480 e. The van der Waals surface area contributed by atoms with Crippen molar-refractivity contribution in [1.29, 1.82) is 0 Å². The summed E-state index contributed by atoms with van der Waals surface area (Å²) in [5.41, 5.74) is 2.16. The molecule has 19 heavy (non-hydrogen) atoms. The fraction of sp³-hybridized carbons (Fsp3) is 0.533. The number of hydrogen-bond acceptors (Lipinski definition) is 3. The summed E-state index contributed by atoms with van der Waals surface area (Å²) in [7, 11) is 2.05. The van der Waals surface area contributed by atoms with Crippen LogP contribution in [0.3, 0.4) is 0 Å². The summed E-state index contributed by atoms with van der Waals surface area (Å²) in [5.74, 6) is -0.715. The summed E-state index contributed by atoms with van der Waals surface area (Å²) < 4.78 is 0. The van der Waals surface area contributed by atoms with Gasteiger partial charge in [-0.3, -0.25) is 0 Å². The number of aliphatic carboxylic acids is 1. The standard InChI is InChI=1S/C15H22N2O2/c1-3-4-7-14(15(18)19)17-11-10-16(2)12-8-5-6-9-13(12)17/h5-6,8-9,14H,3-4,7,10-11H2,1-2H3,(H,18,19). The molecule has 0 saturated carbocycles. The Hall–Kier alpha value is -1.71. The number of fused-ring (bicyclic) bond motifs is 1. The number of anilines is 2. The number of rotatable bonds is 5. The summed E-state index contributed by atoms with van der Waals surface area (Å²) >= 11 is 0. The maximum Gasteiger partial charge on any atom is 0.326 e. The number of unbranched alkanes of at least 4 members (excludes halogenated alkanes) is 1. The highest BCUT2D eigenvalue weighted by Crippen LogP contribution is 2.33. The normalized spacial score (nSPS) is 16.1. The quantitative estimate of drug-likeness (QED) is 0.885. The van der Waals surface area contributed by atoms with Gasteiger partial charge in [0.1, 0.15) is 6.04 Å². The van der Waals surface area contributed by atoms with Gasteiger partial charge >= 0.3 is 5.97 Å². The van der Waals surface area contributed by atoms with Crippen molar-refractivity contribution in [3.8, 4) is 0 Å². The maximum absolute atomic E-state index is 11.5. The van der Waals surface area contributed by atoms with Gasteiger partial charge in [0, 0.05) is 20.1 Å².